The number of para-hydroxylation sites is 1. The third kappa shape index (κ3) is 3.08. The zero-order chi connectivity index (χ0) is 16.4. The Morgan fingerprint density at radius 3 is 2.74 bits per heavy atom. The first kappa shape index (κ1) is 15.2. The van der Waals surface area contributed by atoms with Crippen LogP contribution in [0.2, 0.25) is 0 Å². The molecule has 1 aromatic heterocycles. The van der Waals surface area contributed by atoms with Gasteiger partial charge in [0.1, 0.15) is 0 Å². The van der Waals surface area contributed by atoms with Gasteiger partial charge in [-0.05, 0) is 36.6 Å². The van der Waals surface area contributed by atoms with Crippen LogP contribution < -0.4 is 4.90 Å². The van der Waals surface area contributed by atoms with Crippen LogP contribution in [0.5, 0.6) is 0 Å². The Bertz CT molecular complexity index is 740. The van der Waals surface area contributed by atoms with Gasteiger partial charge in [-0.2, -0.15) is 0 Å². The van der Waals surface area contributed by atoms with Crippen molar-refractivity contribution in [1.82, 2.24) is 4.98 Å². The minimum Gasteiger partial charge on any atom is -0.481 e. The van der Waals surface area contributed by atoms with E-state index >= 15 is 0 Å². The van der Waals surface area contributed by atoms with Gasteiger partial charge in [0.2, 0.25) is 5.91 Å². The Labute approximate surface area is 134 Å². The minimum atomic E-state index is -0.840. The van der Waals surface area contributed by atoms with Crippen molar-refractivity contribution in [1.29, 1.82) is 0 Å². The number of aliphatic carboxylic acids is 1. The van der Waals surface area contributed by atoms with Crippen LogP contribution in [0.15, 0.2) is 42.6 Å². The number of pyridine rings is 1. The Hall–Kier alpha value is -2.69. The summed E-state index contributed by atoms with van der Waals surface area (Å²) in [4.78, 5) is 29.9. The molecule has 118 valence electrons. The number of hydrogen-bond donors (Lipinski definition) is 1. The zero-order valence-electron chi connectivity index (χ0n) is 12.9. The number of nitrogens with zero attached hydrogens (tertiary/aromatic N) is 2. The molecule has 0 fully saturated rings. The number of anilines is 1. The molecule has 0 radical (unpaired) electrons. The van der Waals surface area contributed by atoms with E-state index in [1.807, 2.05) is 37.3 Å². The molecule has 1 aliphatic rings. The SMILES string of the molecule is Cc1ccc(CC(=O)N2CCC(C(=O)O)c3ccccc32)cn1. The highest BCUT2D eigenvalue weighted by Crippen LogP contribution is 2.35. The van der Waals surface area contributed by atoms with E-state index in [2.05, 4.69) is 4.98 Å². The molecular weight excluding hydrogens is 292 g/mol. The van der Waals surface area contributed by atoms with Crippen LogP contribution in [0.25, 0.3) is 0 Å². The number of aromatic nitrogens is 1. The van der Waals surface area contributed by atoms with E-state index in [0.29, 0.717) is 24.2 Å². The number of carbonyl (C=O) groups is 2. The topological polar surface area (TPSA) is 70.5 Å². The number of carboxylic acid groups (broad SMARTS) is 1. The number of benzene rings is 1. The van der Waals surface area contributed by atoms with Gasteiger partial charge >= 0.3 is 5.97 Å². The first-order valence-corrected chi connectivity index (χ1v) is 7.60. The highest BCUT2D eigenvalue weighted by atomic mass is 16.4. The van der Waals surface area contributed by atoms with E-state index in [1.54, 1.807) is 17.2 Å². The van der Waals surface area contributed by atoms with E-state index in [4.69, 9.17) is 0 Å². The van der Waals surface area contributed by atoms with Gasteiger partial charge in [-0.3, -0.25) is 14.6 Å². The molecule has 5 heteroatoms. The molecule has 0 spiro atoms. The van der Waals surface area contributed by atoms with Gasteiger partial charge in [-0.1, -0.05) is 24.3 Å². The lowest BCUT2D eigenvalue weighted by Crippen LogP contribution is -2.39. The fourth-order valence-corrected chi connectivity index (χ4v) is 2.95. The van der Waals surface area contributed by atoms with Crippen molar-refractivity contribution in [2.45, 2.75) is 25.7 Å². The smallest absolute Gasteiger partial charge is 0.311 e. The second kappa shape index (κ2) is 6.20. The van der Waals surface area contributed by atoms with Crippen LogP contribution in [0.1, 0.15) is 29.2 Å². The summed E-state index contributed by atoms with van der Waals surface area (Å²) < 4.78 is 0. The molecular formula is C18H18N2O3. The molecule has 1 N–H and O–H groups in total. The molecule has 0 bridgehead atoms. The molecule has 5 nitrogen and oxygen atoms in total. The molecule has 0 aliphatic carbocycles. The summed E-state index contributed by atoms with van der Waals surface area (Å²) in [5.41, 5.74) is 3.19. The average Bonchev–Trinajstić information content (AvgIpc) is 2.55. The van der Waals surface area contributed by atoms with Crippen molar-refractivity contribution in [2.75, 3.05) is 11.4 Å². The van der Waals surface area contributed by atoms with E-state index < -0.39 is 11.9 Å². The van der Waals surface area contributed by atoms with Crippen molar-refractivity contribution < 1.29 is 14.7 Å². The van der Waals surface area contributed by atoms with Crippen LogP contribution in [-0.4, -0.2) is 28.5 Å². The van der Waals surface area contributed by atoms with Crippen LogP contribution in [0.3, 0.4) is 0 Å². The summed E-state index contributed by atoms with van der Waals surface area (Å²) in [7, 11) is 0. The molecule has 3 rings (SSSR count). The third-order valence-corrected chi connectivity index (χ3v) is 4.17. The number of carbonyl (C=O) groups excluding carboxylic acids is 1. The summed E-state index contributed by atoms with van der Waals surface area (Å²) >= 11 is 0. The van der Waals surface area contributed by atoms with E-state index in [1.165, 1.54) is 0 Å². The van der Waals surface area contributed by atoms with Crippen LogP contribution >= 0.6 is 0 Å². The lowest BCUT2D eigenvalue weighted by atomic mass is 9.89. The molecule has 1 aliphatic heterocycles. The maximum atomic E-state index is 12.6. The fourth-order valence-electron chi connectivity index (χ4n) is 2.95. The molecule has 0 saturated heterocycles. The van der Waals surface area contributed by atoms with Crippen LogP contribution in [-0.2, 0) is 16.0 Å². The highest BCUT2D eigenvalue weighted by molar-refractivity contribution is 5.97. The van der Waals surface area contributed by atoms with E-state index in [-0.39, 0.29) is 12.3 Å². The van der Waals surface area contributed by atoms with Crippen molar-refractivity contribution >= 4 is 17.6 Å². The van der Waals surface area contributed by atoms with Gasteiger partial charge < -0.3 is 10.0 Å². The van der Waals surface area contributed by atoms with Crippen molar-refractivity contribution in [3.05, 3.63) is 59.4 Å². The monoisotopic (exact) mass is 310 g/mol. The second-order valence-electron chi connectivity index (χ2n) is 5.77. The van der Waals surface area contributed by atoms with Crippen molar-refractivity contribution in [3.63, 3.8) is 0 Å². The Morgan fingerprint density at radius 2 is 2.04 bits per heavy atom. The molecule has 23 heavy (non-hydrogen) atoms. The molecule has 1 unspecified atom stereocenters. The predicted octanol–water partition coefficient (Wildman–Crippen LogP) is 2.54. The summed E-state index contributed by atoms with van der Waals surface area (Å²) in [5.74, 6) is -1.42. The number of fused-ring (bicyclic) bond motifs is 1. The molecule has 1 amide bonds. The number of carboxylic acids is 1. The quantitative estimate of drug-likeness (QED) is 0.945. The summed E-state index contributed by atoms with van der Waals surface area (Å²) in [6.45, 7) is 2.32. The first-order valence-electron chi connectivity index (χ1n) is 7.60. The van der Waals surface area contributed by atoms with Gasteiger partial charge in [0.25, 0.3) is 0 Å². The molecule has 1 aromatic carbocycles. The lowest BCUT2D eigenvalue weighted by molar-refractivity contribution is -0.139. The highest BCUT2D eigenvalue weighted by Gasteiger charge is 2.32. The molecule has 2 aromatic rings. The van der Waals surface area contributed by atoms with Crippen molar-refractivity contribution in [3.8, 4) is 0 Å². The van der Waals surface area contributed by atoms with Gasteiger partial charge in [-0.25, -0.2) is 0 Å². The number of aryl methyl sites for hydroxylation is 1. The lowest BCUT2D eigenvalue weighted by Gasteiger charge is -2.32. The summed E-state index contributed by atoms with van der Waals surface area (Å²) in [6.07, 6.45) is 2.41. The van der Waals surface area contributed by atoms with E-state index in [0.717, 1.165) is 11.3 Å². The van der Waals surface area contributed by atoms with Crippen molar-refractivity contribution in [2.24, 2.45) is 0 Å². The molecule has 2 heterocycles. The summed E-state index contributed by atoms with van der Waals surface area (Å²) in [6, 6.07) is 11.0. The standard InChI is InChI=1S/C18H18N2O3/c1-12-6-7-13(11-19-12)10-17(21)20-9-8-15(18(22)23)14-4-2-3-5-16(14)20/h2-7,11,15H,8-10H2,1H3,(H,22,23). The van der Waals surface area contributed by atoms with Gasteiger partial charge in [-0.15, -0.1) is 0 Å². The molecule has 0 saturated carbocycles. The van der Waals surface area contributed by atoms with Gasteiger partial charge in [0, 0.05) is 24.1 Å². The van der Waals surface area contributed by atoms with Gasteiger partial charge in [0.05, 0.1) is 12.3 Å². The van der Waals surface area contributed by atoms with Gasteiger partial charge in [0.15, 0.2) is 0 Å². The Balaban J connectivity index is 1.85. The normalized spacial score (nSPS) is 16.7. The largest absolute Gasteiger partial charge is 0.481 e. The summed E-state index contributed by atoms with van der Waals surface area (Å²) in [5, 5.41) is 9.36. The maximum absolute atomic E-state index is 12.6. The number of amides is 1. The maximum Gasteiger partial charge on any atom is 0.311 e. The fraction of sp³-hybridized carbons (Fsp3) is 0.278. The minimum absolute atomic E-state index is 0.0352. The van der Waals surface area contributed by atoms with Crippen LogP contribution in [0.4, 0.5) is 5.69 Å². The number of rotatable bonds is 3. The Kier molecular flexibility index (Phi) is 4.10. The third-order valence-electron chi connectivity index (χ3n) is 4.17. The average molecular weight is 310 g/mol. The Morgan fingerprint density at radius 1 is 1.26 bits per heavy atom. The molecule has 1 atom stereocenters. The second-order valence-corrected chi connectivity index (χ2v) is 5.77. The zero-order valence-corrected chi connectivity index (χ0v) is 12.9. The van der Waals surface area contributed by atoms with E-state index in [9.17, 15) is 14.7 Å². The number of hydrogen-bond acceptors (Lipinski definition) is 3. The first-order chi connectivity index (χ1) is 11.1. The predicted molar refractivity (Wildman–Crippen MR) is 86.5 cm³/mol. The van der Waals surface area contributed by atoms with Crippen LogP contribution in [0, 0.1) is 6.92 Å².